The van der Waals surface area contributed by atoms with Crippen molar-refractivity contribution >= 4 is 5.78 Å². The zero-order valence-corrected chi connectivity index (χ0v) is 16.8. The van der Waals surface area contributed by atoms with E-state index < -0.39 is 5.92 Å². The van der Waals surface area contributed by atoms with Crippen molar-refractivity contribution in [2.45, 2.75) is 24.7 Å². The summed E-state index contributed by atoms with van der Waals surface area (Å²) >= 11 is 0. The molecular formula is C24H22N2O4. The quantitative estimate of drug-likeness (QED) is 0.833. The third-order valence-electron chi connectivity index (χ3n) is 5.67. The van der Waals surface area contributed by atoms with Crippen molar-refractivity contribution in [3.63, 3.8) is 0 Å². The molecule has 0 saturated heterocycles. The van der Waals surface area contributed by atoms with E-state index in [9.17, 15) is 10.1 Å². The number of carbonyl (C=O) groups excluding carboxylic acids is 1. The van der Waals surface area contributed by atoms with Crippen molar-refractivity contribution in [1.29, 1.82) is 5.26 Å². The van der Waals surface area contributed by atoms with Gasteiger partial charge in [-0.25, -0.2) is 0 Å². The highest BCUT2D eigenvalue weighted by Crippen LogP contribution is 2.47. The normalized spacial score (nSPS) is 20.9. The van der Waals surface area contributed by atoms with Crippen LogP contribution in [0.3, 0.4) is 0 Å². The van der Waals surface area contributed by atoms with Gasteiger partial charge >= 0.3 is 0 Å². The molecule has 2 N–H and O–H groups in total. The minimum Gasteiger partial charge on any atom is -0.493 e. The summed E-state index contributed by atoms with van der Waals surface area (Å²) in [5, 5.41) is 9.77. The van der Waals surface area contributed by atoms with Gasteiger partial charge in [-0.2, -0.15) is 5.26 Å². The Bertz CT molecular complexity index is 1100. The molecule has 2 aromatic carbocycles. The Morgan fingerprint density at radius 2 is 1.77 bits per heavy atom. The fourth-order valence-corrected chi connectivity index (χ4v) is 4.23. The zero-order valence-electron chi connectivity index (χ0n) is 16.8. The largest absolute Gasteiger partial charge is 0.493 e. The molecule has 6 heteroatoms. The molecule has 2 atom stereocenters. The Kier molecular flexibility index (Phi) is 5.20. The summed E-state index contributed by atoms with van der Waals surface area (Å²) in [5.41, 5.74) is 8.66. The van der Waals surface area contributed by atoms with E-state index in [-0.39, 0.29) is 23.2 Å². The second-order valence-corrected chi connectivity index (χ2v) is 7.32. The maximum absolute atomic E-state index is 13.3. The average molecular weight is 402 g/mol. The highest BCUT2D eigenvalue weighted by Gasteiger charge is 2.41. The molecule has 2 aromatic rings. The van der Waals surface area contributed by atoms with Gasteiger partial charge in [0.2, 0.25) is 5.88 Å². The molecule has 0 saturated carbocycles. The summed E-state index contributed by atoms with van der Waals surface area (Å²) in [7, 11) is 3.10. The molecule has 0 fully saturated rings. The van der Waals surface area contributed by atoms with Crippen LogP contribution in [0.15, 0.2) is 71.3 Å². The Balaban J connectivity index is 1.80. The van der Waals surface area contributed by atoms with Crippen molar-refractivity contribution in [2.24, 2.45) is 5.73 Å². The van der Waals surface area contributed by atoms with Gasteiger partial charge in [-0.1, -0.05) is 36.4 Å². The first-order chi connectivity index (χ1) is 14.6. The van der Waals surface area contributed by atoms with E-state index in [1.807, 2.05) is 36.4 Å². The molecule has 0 bridgehead atoms. The van der Waals surface area contributed by atoms with Crippen LogP contribution in [-0.4, -0.2) is 20.0 Å². The number of nitriles is 1. The summed E-state index contributed by atoms with van der Waals surface area (Å²) in [5.74, 6) is 1.05. The smallest absolute Gasteiger partial charge is 0.205 e. The number of methoxy groups -OCH3 is 2. The third-order valence-corrected chi connectivity index (χ3v) is 5.67. The standard InChI is InChI=1S/C24H22N2O4/c1-28-19-9-8-15(11-20(19)29-2)22-17(13-25)24(26)30-21-12-16(10-18(27)23(21)22)14-6-4-3-5-7-14/h3-9,11,16,22H,10,12,26H2,1-2H3/t16-,22-/m0/s1. The predicted molar refractivity (Wildman–Crippen MR) is 111 cm³/mol. The van der Waals surface area contributed by atoms with Crippen LogP contribution >= 0.6 is 0 Å². The fourth-order valence-electron chi connectivity index (χ4n) is 4.23. The van der Waals surface area contributed by atoms with Gasteiger partial charge < -0.3 is 19.9 Å². The monoisotopic (exact) mass is 402 g/mol. The number of benzene rings is 2. The number of allylic oxidation sites excluding steroid dienone is 3. The molecule has 0 unspecified atom stereocenters. The number of ketones is 1. The maximum Gasteiger partial charge on any atom is 0.205 e. The van der Waals surface area contributed by atoms with E-state index in [4.69, 9.17) is 19.9 Å². The molecule has 2 aliphatic rings. The molecule has 6 nitrogen and oxygen atoms in total. The highest BCUT2D eigenvalue weighted by atomic mass is 16.5. The second-order valence-electron chi connectivity index (χ2n) is 7.32. The second kappa shape index (κ2) is 7.96. The van der Waals surface area contributed by atoms with Gasteiger partial charge in [0, 0.05) is 18.4 Å². The van der Waals surface area contributed by atoms with Gasteiger partial charge in [0.15, 0.2) is 17.3 Å². The lowest BCUT2D eigenvalue weighted by Crippen LogP contribution is -2.29. The van der Waals surface area contributed by atoms with Crippen LogP contribution in [0.2, 0.25) is 0 Å². The van der Waals surface area contributed by atoms with E-state index in [0.717, 1.165) is 11.1 Å². The fraction of sp³-hybridized carbons (Fsp3) is 0.250. The van der Waals surface area contributed by atoms with E-state index in [2.05, 4.69) is 6.07 Å². The van der Waals surface area contributed by atoms with Crippen LogP contribution in [-0.2, 0) is 9.53 Å². The summed E-state index contributed by atoms with van der Waals surface area (Å²) < 4.78 is 16.5. The zero-order chi connectivity index (χ0) is 21.3. The van der Waals surface area contributed by atoms with Crippen molar-refractivity contribution in [3.05, 3.63) is 82.4 Å². The van der Waals surface area contributed by atoms with Crippen LogP contribution < -0.4 is 15.2 Å². The topological polar surface area (TPSA) is 94.6 Å². The first kappa shape index (κ1) is 19.6. The van der Waals surface area contributed by atoms with E-state index in [0.29, 0.717) is 35.7 Å². The minimum atomic E-state index is -0.595. The van der Waals surface area contributed by atoms with Crippen LogP contribution in [0.25, 0.3) is 0 Å². The number of nitrogens with zero attached hydrogens (tertiary/aromatic N) is 1. The van der Waals surface area contributed by atoms with E-state index in [1.165, 1.54) is 0 Å². The van der Waals surface area contributed by atoms with Crippen LogP contribution in [0.1, 0.15) is 35.8 Å². The van der Waals surface area contributed by atoms with Crippen LogP contribution in [0, 0.1) is 11.3 Å². The SMILES string of the molecule is COc1ccc([C@H]2C(C#N)=C(N)OC3=C2C(=O)C[C@H](c2ccccc2)C3)cc1OC. The number of rotatable bonds is 4. The Morgan fingerprint density at radius 3 is 2.43 bits per heavy atom. The predicted octanol–water partition coefficient (Wildman–Crippen LogP) is 3.91. The number of nitrogens with two attached hydrogens (primary N) is 1. The van der Waals surface area contributed by atoms with Gasteiger partial charge in [-0.15, -0.1) is 0 Å². The van der Waals surface area contributed by atoms with Gasteiger partial charge in [0.1, 0.15) is 17.4 Å². The van der Waals surface area contributed by atoms with Gasteiger partial charge in [-0.05, 0) is 29.2 Å². The Labute approximate surface area is 175 Å². The summed E-state index contributed by atoms with van der Waals surface area (Å²) in [6, 6.07) is 17.4. The van der Waals surface area contributed by atoms with Crippen molar-refractivity contribution in [2.75, 3.05) is 14.2 Å². The summed E-state index contributed by atoms with van der Waals surface area (Å²) in [4.78, 5) is 13.3. The number of ether oxygens (including phenoxy) is 3. The first-order valence-electron chi connectivity index (χ1n) is 9.68. The summed E-state index contributed by atoms with van der Waals surface area (Å²) in [6.45, 7) is 0. The third kappa shape index (κ3) is 3.29. The number of carbonyl (C=O) groups is 1. The average Bonchev–Trinajstić information content (AvgIpc) is 2.78. The first-order valence-corrected chi connectivity index (χ1v) is 9.68. The van der Waals surface area contributed by atoms with Crippen molar-refractivity contribution in [3.8, 4) is 17.6 Å². The molecule has 0 spiro atoms. The van der Waals surface area contributed by atoms with Crippen LogP contribution in [0.4, 0.5) is 0 Å². The number of hydrogen-bond donors (Lipinski definition) is 1. The lowest BCUT2D eigenvalue weighted by molar-refractivity contribution is -0.117. The lowest BCUT2D eigenvalue weighted by atomic mass is 9.73. The molecule has 1 aliphatic carbocycles. The molecule has 1 heterocycles. The molecule has 4 rings (SSSR count). The van der Waals surface area contributed by atoms with Crippen LogP contribution in [0.5, 0.6) is 11.5 Å². The molecule has 0 amide bonds. The number of hydrogen-bond acceptors (Lipinski definition) is 6. The number of Topliss-reactive ketones (excluding diaryl/α,β-unsaturated/α-hetero) is 1. The van der Waals surface area contributed by atoms with Crippen molar-refractivity contribution < 1.29 is 19.0 Å². The van der Waals surface area contributed by atoms with E-state index >= 15 is 0 Å². The Morgan fingerprint density at radius 1 is 1.03 bits per heavy atom. The molecule has 152 valence electrons. The summed E-state index contributed by atoms with van der Waals surface area (Å²) in [6.07, 6.45) is 0.906. The highest BCUT2D eigenvalue weighted by molar-refractivity contribution is 6.00. The van der Waals surface area contributed by atoms with E-state index in [1.54, 1.807) is 26.4 Å². The van der Waals surface area contributed by atoms with Gasteiger partial charge in [0.05, 0.1) is 20.1 Å². The van der Waals surface area contributed by atoms with Crippen molar-refractivity contribution in [1.82, 2.24) is 0 Å². The molecule has 1 aliphatic heterocycles. The Hall–Kier alpha value is -3.72. The molecular weight excluding hydrogens is 380 g/mol. The molecule has 0 radical (unpaired) electrons. The van der Waals surface area contributed by atoms with Gasteiger partial charge in [0.25, 0.3) is 0 Å². The minimum absolute atomic E-state index is 0.0138. The maximum atomic E-state index is 13.3. The van der Waals surface area contributed by atoms with Gasteiger partial charge in [-0.3, -0.25) is 4.79 Å². The lowest BCUT2D eigenvalue weighted by Gasteiger charge is -2.34. The molecule has 30 heavy (non-hydrogen) atoms. The molecule has 0 aromatic heterocycles.